The van der Waals surface area contributed by atoms with E-state index >= 15 is 0 Å². The topological polar surface area (TPSA) is 66.9 Å². The van der Waals surface area contributed by atoms with Crippen molar-refractivity contribution in [1.82, 2.24) is 10.2 Å². The highest BCUT2D eigenvalue weighted by Crippen LogP contribution is 2.27. The van der Waals surface area contributed by atoms with Crippen LogP contribution in [-0.2, 0) is 5.41 Å². The number of carbonyl (C=O) groups excluding carboxylic acids is 1. The number of nitrogens with one attached hydrogen (secondary N) is 2. The monoisotopic (exact) mass is 370 g/mol. The predicted octanol–water partition coefficient (Wildman–Crippen LogP) is 5.29. The maximum absolute atomic E-state index is 13.3. The Morgan fingerprint density at radius 2 is 1.77 bits per heavy atom. The molecule has 0 unspecified atom stereocenters. The van der Waals surface area contributed by atoms with Crippen LogP contribution < -0.4 is 10.6 Å². The second-order valence-corrected chi connectivity index (χ2v) is 7.81. The number of halogens is 1. The molecule has 2 amide bonds. The van der Waals surface area contributed by atoms with Gasteiger partial charge in [-0.2, -0.15) is 0 Å². The van der Waals surface area contributed by atoms with Gasteiger partial charge >= 0.3 is 6.03 Å². The summed E-state index contributed by atoms with van der Waals surface area (Å²) in [4.78, 5) is 12.1. The smallest absolute Gasteiger partial charge is 0.308 e. The Bertz CT molecular complexity index is 916. The van der Waals surface area contributed by atoms with Gasteiger partial charge in [-0.25, -0.2) is 9.18 Å². The summed E-state index contributed by atoms with van der Waals surface area (Å²) >= 11 is 1.18. The zero-order chi connectivity index (χ0) is 18.7. The number of hydrogen-bond donors (Lipinski definition) is 2. The fourth-order valence-electron chi connectivity index (χ4n) is 2.32. The van der Waals surface area contributed by atoms with Gasteiger partial charge in [0.25, 0.3) is 0 Å². The number of nitrogens with zero attached hydrogens (tertiary/aromatic N) is 2. The number of rotatable bonds is 3. The van der Waals surface area contributed by atoms with Crippen LogP contribution in [0.3, 0.4) is 0 Å². The number of benzene rings is 2. The molecule has 2 N–H and O–H groups in total. The second kappa shape index (κ2) is 7.21. The van der Waals surface area contributed by atoms with Gasteiger partial charge in [-0.05, 0) is 35.2 Å². The van der Waals surface area contributed by atoms with Crippen LogP contribution in [-0.4, -0.2) is 16.2 Å². The minimum atomic E-state index is -0.407. The molecule has 0 saturated carbocycles. The Morgan fingerprint density at radius 3 is 2.42 bits per heavy atom. The van der Waals surface area contributed by atoms with E-state index in [1.54, 1.807) is 12.1 Å². The van der Waals surface area contributed by atoms with Crippen LogP contribution >= 0.6 is 11.3 Å². The average Bonchev–Trinajstić information content (AvgIpc) is 3.03. The van der Waals surface area contributed by atoms with Gasteiger partial charge in [-0.3, -0.25) is 5.32 Å². The molecule has 5 nitrogen and oxygen atoms in total. The second-order valence-electron chi connectivity index (χ2n) is 6.83. The third kappa shape index (κ3) is 4.43. The van der Waals surface area contributed by atoms with Gasteiger partial charge in [0, 0.05) is 11.3 Å². The zero-order valence-electron chi connectivity index (χ0n) is 14.7. The largest absolute Gasteiger partial charge is 0.325 e. The van der Waals surface area contributed by atoms with E-state index in [9.17, 15) is 9.18 Å². The van der Waals surface area contributed by atoms with Crippen molar-refractivity contribution in [3.63, 3.8) is 0 Å². The first kappa shape index (κ1) is 18.0. The van der Waals surface area contributed by atoms with E-state index in [0.29, 0.717) is 21.4 Å². The van der Waals surface area contributed by atoms with Crippen molar-refractivity contribution in [2.45, 2.75) is 26.2 Å². The van der Waals surface area contributed by atoms with Gasteiger partial charge in [0.15, 0.2) is 0 Å². The van der Waals surface area contributed by atoms with Crippen LogP contribution in [0.5, 0.6) is 0 Å². The molecule has 0 atom stereocenters. The summed E-state index contributed by atoms with van der Waals surface area (Å²) in [5.41, 5.74) is 2.55. The van der Waals surface area contributed by atoms with Crippen LogP contribution in [0, 0.1) is 5.82 Å². The summed E-state index contributed by atoms with van der Waals surface area (Å²) in [6, 6.07) is 13.4. The number of amides is 2. The van der Waals surface area contributed by atoms with E-state index in [4.69, 9.17) is 0 Å². The normalized spacial score (nSPS) is 11.2. The van der Waals surface area contributed by atoms with Crippen LogP contribution in [0.1, 0.15) is 26.3 Å². The fraction of sp³-hybridized carbons (Fsp3) is 0.211. The summed E-state index contributed by atoms with van der Waals surface area (Å²) in [6.07, 6.45) is 0. The van der Waals surface area contributed by atoms with Crippen molar-refractivity contribution in [2.75, 3.05) is 10.6 Å². The van der Waals surface area contributed by atoms with E-state index in [1.807, 2.05) is 24.3 Å². The van der Waals surface area contributed by atoms with Gasteiger partial charge in [-0.15, -0.1) is 10.2 Å². The Morgan fingerprint density at radius 1 is 1.04 bits per heavy atom. The molecule has 134 valence electrons. The van der Waals surface area contributed by atoms with Gasteiger partial charge in [0.1, 0.15) is 10.8 Å². The number of aromatic nitrogens is 2. The zero-order valence-corrected chi connectivity index (χ0v) is 15.5. The maximum atomic E-state index is 13.3. The molecule has 0 bridgehead atoms. The minimum absolute atomic E-state index is 0.0562. The highest BCUT2D eigenvalue weighted by Gasteiger charge is 2.14. The van der Waals surface area contributed by atoms with Crippen LogP contribution in [0.15, 0.2) is 48.5 Å². The molecule has 1 heterocycles. The summed E-state index contributed by atoms with van der Waals surface area (Å²) < 4.78 is 13.3. The van der Waals surface area contributed by atoms with E-state index in [1.165, 1.54) is 29.0 Å². The molecule has 1 aromatic heterocycles. The molecule has 0 aliphatic heterocycles. The third-order valence-electron chi connectivity index (χ3n) is 3.73. The lowest BCUT2D eigenvalue weighted by Gasteiger charge is -2.19. The standard InChI is InChI=1S/C19H19FN4OS/c1-19(2,3)13-7-9-15(10-8-13)21-17(25)22-18-24-23-16(26-18)12-5-4-6-14(20)11-12/h4-11H,1-3H3,(H2,21,22,24,25). The molecule has 0 aliphatic rings. The number of carbonyl (C=O) groups is 1. The molecule has 0 fully saturated rings. The lowest BCUT2D eigenvalue weighted by Crippen LogP contribution is -2.19. The van der Waals surface area contributed by atoms with Crippen molar-refractivity contribution in [3.05, 3.63) is 59.9 Å². The molecule has 0 aliphatic carbocycles. The maximum Gasteiger partial charge on any atom is 0.325 e. The van der Waals surface area contributed by atoms with Crippen molar-refractivity contribution < 1.29 is 9.18 Å². The minimum Gasteiger partial charge on any atom is -0.308 e. The van der Waals surface area contributed by atoms with Crippen molar-refractivity contribution in [2.24, 2.45) is 0 Å². The average molecular weight is 370 g/mol. The summed E-state index contributed by atoms with van der Waals surface area (Å²) in [7, 11) is 0. The molecule has 26 heavy (non-hydrogen) atoms. The SMILES string of the molecule is CC(C)(C)c1ccc(NC(=O)Nc2nnc(-c3cccc(F)c3)s2)cc1. The van der Waals surface area contributed by atoms with Gasteiger partial charge in [-0.1, -0.05) is 56.4 Å². The Hall–Kier alpha value is -2.80. The summed E-state index contributed by atoms with van der Waals surface area (Å²) in [6.45, 7) is 6.40. The van der Waals surface area contributed by atoms with Crippen molar-refractivity contribution in [1.29, 1.82) is 0 Å². The van der Waals surface area contributed by atoms with Gasteiger partial charge in [0.05, 0.1) is 0 Å². The van der Waals surface area contributed by atoms with Crippen LogP contribution in [0.4, 0.5) is 20.0 Å². The highest BCUT2D eigenvalue weighted by atomic mass is 32.1. The van der Waals surface area contributed by atoms with Crippen LogP contribution in [0.25, 0.3) is 10.6 Å². The molecule has 3 rings (SSSR count). The van der Waals surface area contributed by atoms with Crippen molar-refractivity contribution >= 4 is 28.2 Å². The first-order valence-electron chi connectivity index (χ1n) is 8.09. The lowest BCUT2D eigenvalue weighted by molar-refractivity contribution is 0.262. The van der Waals surface area contributed by atoms with Crippen molar-refractivity contribution in [3.8, 4) is 10.6 Å². The van der Waals surface area contributed by atoms with Gasteiger partial charge < -0.3 is 5.32 Å². The quantitative estimate of drug-likeness (QED) is 0.659. The molecule has 2 aromatic carbocycles. The molecule has 0 spiro atoms. The van der Waals surface area contributed by atoms with Crippen LogP contribution in [0.2, 0.25) is 0 Å². The Balaban J connectivity index is 1.64. The Labute approximate surface area is 155 Å². The van der Waals surface area contributed by atoms with Gasteiger partial charge in [0.2, 0.25) is 5.13 Å². The Kier molecular flexibility index (Phi) is 4.99. The van der Waals surface area contributed by atoms with E-state index < -0.39 is 6.03 Å². The molecule has 7 heteroatoms. The predicted molar refractivity (Wildman–Crippen MR) is 103 cm³/mol. The molecule has 3 aromatic rings. The number of anilines is 2. The first-order valence-corrected chi connectivity index (χ1v) is 8.91. The molecule has 0 radical (unpaired) electrons. The molecule has 0 saturated heterocycles. The van der Waals surface area contributed by atoms with E-state index in [-0.39, 0.29) is 11.2 Å². The lowest BCUT2D eigenvalue weighted by atomic mass is 9.87. The fourth-order valence-corrected chi connectivity index (χ4v) is 3.06. The summed E-state index contributed by atoms with van der Waals surface area (Å²) in [5.74, 6) is -0.344. The third-order valence-corrected chi connectivity index (χ3v) is 4.61. The first-order chi connectivity index (χ1) is 12.3. The van der Waals surface area contributed by atoms with E-state index in [0.717, 1.165) is 0 Å². The number of urea groups is 1. The highest BCUT2D eigenvalue weighted by molar-refractivity contribution is 7.18. The molecular formula is C19H19FN4OS. The summed E-state index contributed by atoms with van der Waals surface area (Å²) in [5, 5.41) is 14.2. The number of hydrogen-bond acceptors (Lipinski definition) is 4. The van der Waals surface area contributed by atoms with E-state index in [2.05, 4.69) is 41.6 Å². The molecular weight excluding hydrogens is 351 g/mol.